The van der Waals surface area contributed by atoms with Gasteiger partial charge in [-0.2, -0.15) is 0 Å². The highest BCUT2D eigenvalue weighted by Crippen LogP contribution is 2.37. The van der Waals surface area contributed by atoms with Gasteiger partial charge in [0.25, 0.3) is 0 Å². The van der Waals surface area contributed by atoms with E-state index >= 15 is 0 Å². The zero-order valence-electron chi connectivity index (χ0n) is 13.0. The molecule has 1 saturated heterocycles. The molecule has 0 aliphatic carbocycles. The lowest BCUT2D eigenvalue weighted by molar-refractivity contribution is 0.310. The van der Waals surface area contributed by atoms with Crippen LogP contribution in [0.4, 0.5) is 0 Å². The summed E-state index contributed by atoms with van der Waals surface area (Å²) in [5.74, 6) is 1.88. The average molecular weight is 336 g/mol. The van der Waals surface area contributed by atoms with Crippen molar-refractivity contribution in [2.75, 3.05) is 19.8 Å². The Balaban J connectivity index is 0.00000176. The average Bonchev–Trinajstić information content (AvgIpc) is 2.95. The van der Waals surface area contributed by atoms with Crippen LogP contribution in [-0.2, 0) is 0 Å². The number of benzene rings is 2. The number of para-hydroxylation sites is 1. The van der Waals surface area contributed by atoms with E-state index in [9.17, 15) is 0 Å². The summed E-state index contributed by atoms with van der Waals surface area (Å²) in [4.78, 5) is 3.67. The summed E-state index contributed by atoms with van der Waals surface area (Å²) in [7, 11) is 2.20. The molecule has 0 aromatic heterocycles. The zero-order chi connectivity index (χ0) is 14.7. The molecule has 2 aromatic rings. The van der Waals surface area contributed by atoms with E-state index in [0.717, 1.165) is 11.5 Å². The van der Waals surface area contributed by atoms with Gasteiger partial charge in [0.15, 0.2) is 0 Å². The molecule has 118 valence electrons. The minimum Gasteiger partial charge on any atom is -0.457 e. The van der Waals surface area contributed by atoms with Gasteiger partial charge < -0.3 is 4.74 Å². The van der Waals surface area contributed by atoms with Crippen LogP contribution in [-0.4, -0.2) is 24.7 Å². The number of likely N-dealkylation sites (tertiary alicyclic amines) is 1. The minimum atomic E-state index is 0. The lowest BCUT2D eigenvalue weighted by Gasteiger charge is -2.22. The number of halogens is 1. The largest absolute Gasteiger partial charge is 0.457 e. The first kappa shape index (κ1) is 17.2. The van der Waals surface area contributed by atoms with Gasteiger partial charge >= 0.3 is 0 Å². The molecule has 1 unspecified atom stereocenters. The lowest BCUT2D eigenvalue weighted by atomic mass is 10.0. The quantitative estimate of drug-likeness (QED) is 0.695. The number of ether oxygens (including phenoxy) is 1. The van der Waals surface area contributed by atoms with Crippen molar-refractivity contribution in [3.05, 3.63) is 54.1 Å². The molecule has 1 atom stereocenters. The normalized spacial score (nSPS) is 18.0. The second kappa shape index (κ2) is 7.91. The lowest BCUT2D eigenvalue weighted by Crippen LogP contribution is -2.17. The number of hydrogen-bond donors (Lipinski definition) is 0. The van der Waals surface area contributed by atoms with Crippen LogP contribution in [0.15, 0.2) is 53.4 Å². The SMILES string of the molecule is CSc1ccc(Oc2ccccc2C2CCCN2C)cc1.Cl. The topological polar surface area (TPSA) is 12.5 Å². The van der Waals surface area contributed by atoms with Crippen molar-refractivity contribution in [3.8, 4) is 11.5 Å². The van der Waals surface area contributed by atoms with E-state index < -0.39 is 0 Å². The number of thioether (sulfide) groups is 1. The van der Waals surface area contributed by atoms with Gasteiger partial charge in [0.1, 0.15) is 11.5 Å². The molecule has 1 fully saturated rings. The molecule has 0 radical (unpaired) electrons. The molecule has 0 saturated carbocycles. The Hall–Kier alpha value is -1.16. The first-order chi connectivity index (χ1) is 10.3. The summed E-state index contributed by atoms with van der Waals surface area (Å²) < 4.78 is 6.13. The predicted octanol–water partition coefficient (Wildman–Crippen LogP) is 5.39. The van der Waals surface area contributed by atoms with E-state index in [1.165, 1.54) is 29.8 Å². The number of hydrogen-bond acceptors (Lipinski definition) is 3. The van der Waals surface area contributed by atoms with Gasteiger partial charge in [-0.3, -0.25) is 4.90 Å². The van der Waals surface area contributed by atoms with Crippen LogP contribution >= 0.6 is 24.2 Å². The Labute approximate surface area is 143 Å². The van der Waals surface area contributed by atoms with Crippen molar-refractivity contribution in [2.24, 2.45) is 0 Å². The molecule has 2 aromatic carbocycles. The van der Waals surface area contributed by atoms with E-state index in [2.05, 4.69) is 48.5 Å². The molecule has 2 nitrogen and oxygen atoms in total. The third-order valence-electron chi connectivity index (χ3n) is 4.09. The van der Waals surface area contributed by atoms with Crippen LogP contribution in [0.25, 0.3) is 0 Å². The molecular weight excluding hydrogens is 314 g/mol. The molecule has 3 rings (SSSR count). The maximum Gasteiger partial charge on any atom is 0.132 e. The summed E-state index contributed by atoms with van der Waals surface area (Å²) in [5, 5.41) is 0. The number of nitrogens with zero attached hydrogens (tertiary/aromatic N) is 1. The number of rotatable bonds is 4. The van der Waals surface area contributed by atoms with Gasteiger partial charge in [-0.1, -0.05) is 18.2 Å². The second-order valence-corrected chi connectivity index (χ2v) is 6.33. The molecule has 1 aliphatic rings. The molecule has 1 heterocycles. The summed E-state index contributed by atoms with van der Waals surface area (Å²) in [6.45, 7) is 1.17. The van der Waals surface area contributed by atoms with E-state index in [1.807, 2.05) is 18.2 Å². The van der Waals surface area contributed by atoms with E-state index in [0.29, 0.717) is 6.04 Å². The highest BCUT2D eigenvalue weighted by Gasteiger charge is 2.25. The molecule has 22 heavy (non-hydrogen) atoms. The van der Waals surface area contributed by atoms with Gasteiger partial charge in [0, 0.05) is 16.5 Å². The van der Waals surface area contributed by atoms with Crippen LogP contribution in [0.1, 0.15) is 24.4 Å². The van der Waals surface area contributed by atoms with Gasteiger partial charge in [0.2, 0.25) is 0 Å². The summed E-state index contributed by atoms with van der Waals surface area (Å²) in [6.07, 6.45) is 4.56. The van der Waals surface area contributed by atoms with Crippen LogP contribution in [0, 0.1) is 0 Å². The smallest absolute Gasteiger partial charge is 0.132 e. The molecule has 4 heteroatoms. The standard InChI is InChI=1S/C18H21NOS.ClH/c1-19-13-5-7-17(19)16-6-3-4-8-18(16)20-14-9-11-15(21-2)12-10-14;/h3-4,6,8-12,17H,5,7,13H2,1-2H3;1H. The second-order valence-electron chi connectivity index (χ2n) is 5.45. The fourth-order valence-electron chi connectivity index (χ4n) is 2.92. The first-order valence-electron chi connectivity index (χ1n) is 7.39. The highest BCUT2D eigenvalue weighted by molar-refractivity contribution is 7.98. The van der Waals surface area contributed by atoms with Gasteiger partial charge in [0.05, 0.1) is 0 Å². The summed E-state index contributed by atoms with van der Waals surface area (Å²) in [5.41, 5.74) is 1.30. The third-order valence-corrected chi connectivity index (χ3v) is 4.83. The van der Waals surface area contributed by atoms with Crippen molar-refractivity contribution >= 4 is 24.2 Å². The zero-order valence-corrected chi connectivity index (χ0v) is 14.6. The van der Waals surface area contributed by atoms with Crippen molar-refractivity contribution in [1.29, 1.82) is 0 Å². The third kappa shape index (κ3) is 3.78. The Kier molecular flexibility index (Phi) is 6.18. The maximum atomic E-state index is 6.13. The monoisotopic (exact) mass is 335 g/mol. The fraction of sp³-hybridized carbons (Fsp3) is 0.333. The van der Waals surface area contributed by atoms with Crippen LogP contribution in [0.5, 0.6) is 11.5 Å². The minimum absolute atomic E-state index is 0. The van der Waals surface area contributed by atoms with E-state index in [-0.39, 0.29) is 12.4 Å². The molecule has 0 N–H and O–H groups in total. The predicted molar refractivity (Wildman–Crippen MR) is 96.6 cm³/mol. The summed E-state index contributed by atoms with van der Waals surface area (Å²) >= 11 is 1.75. The van der Waals surface area contributed by atoms with E-state index in [4.69, 9.17) is 4.74 Å². The first-order valence-corrected chi connectivity index (χ1v) is 8.61. The van der Waals surface area contributed by atoms with Gasteiger partial charge in [-0.15, -0.1) is 24.2 Å². The van der Waals surface area contributed by atoms with Crippen molar-refractivity contribution < 1.29 is 4.74 Å². The molecule has 1 aliphatic heterocycles. The van der Waals surface area contributed by atoms with Crippen molar-refractivity contribution in [3.63, 3.8) is 0 Å². The highest BCUT2D eigenvalue weighted by atomic mass is 35.5. The Morgan fingerprint density at radius 1 is 1.09 bits per heavy atom. The Bertz CT molecular complexity index is 602. The maximum absolute atomic E-state index is 6.13. The van der Waals surface area contributed by atoms with Crippen LogP contribution < -0.4 is 4.74 Å². The molecule has 0 amide bonds. The Morgan fingerprint density at radius 3 is 2.45 bits per heavy atom. The fourth-order valence-corrected chi connectivity index (χ4v) is 3.33. The van der Waals surface area contributed by atoms with Crippen LogP contribution in [0.3, 0.4) is 0 Å². The Morgan fingerprint density at radius 2 is 1.82 bits per heavy atom. The van der Waals surface area contributed by atoms with Gasteiger partial charge in [-0.05, 0) is 63.0 Å². The van der Waals surface area contributed by atoms with Gasteiger partial charge in [-0.25, -0.2) is 0 Å². The van der Waals surface area contributed by atoms with Crippen LogP contribution in [0.2, 0.25) is 0 Å². The molecular formula is C18H22ClNOS. The molecule has 0 bridgehead atoms. The van der Waals surface area contributed by atoms with Crippen molar-refractivity contribution in [2.45, 2.75) is 23.8 Å². The van der Waals surface area contributed by atoms with Crippen molar-refractivity contribution in [1.82, 2.24) is 4.90 Å². The van der Waals surface area contributed by atoms with E-state index in [1.54, 1.807) is 11.8 Å². The molecule has 0 spiro atoms. The summed E-state index contributed by atoms with van der Waals surface area (Å²) in [6, 6.07) is 17.2.